The van der Waals surface area contributed by atoms with Crippen molar-refractivity contribution in [1.29, 1.82) is 0 Å². The minimum Gasteiger partial charge on any atom is -0.490 e. The second-order valence-corrected chi connectivity index (χ2v) is 7.02. The van der Waals surface area contributed by atoms with E-state index in [2.05, 4.69) is 30.1 Å². The summed E-state index contributed by atoms with van der Waals surface area (Å²) in [6.07, 6.45) is 5.30. The molecule has 1 unspecified atom stereocenters. The standard InChI is InChI=1S/C20H21NO2/c1-21-13-6-7-14(21)11-16(10-13)22-15-8-9-20-18(12-15)17-4-2-3-5-19(17)23-20/h2-5,8-9,12-14,16H,6-7,10-11H2,1H3/t13-,14+,16?. The van der Waals surface area contributed by atoms with Gasteiger partial charge in [0.05, 0.1) is 0 Å². The number of benzene rings is 2. The SMILES string of the molecule is CN1[C@@H]2CC[C@H]1CC(Oc1ccc3oc4ccccc4c3c1)C2. The third-order valence-corrected chi connectivity index (χ3v) is 5.71. The highest BCUT2D eigenvalue weighted by molar-refractivity contribution is 6.05. The molecule has 1 aromatic heterocycles. The van der Waals surface area contributed by atoms with Gasteiger partial charge in [-0.05, 0) is 57.0 Å². The van der Waals surface area contributed by atoms with Crippen LogP contribution in [0.1, 0.15) is 25.7 Å². The van der Waals surface area contributed by atoms with E-state index in [9.17, 15) is 0 Å². The highest BCUT2D eigenvalue weighted by Gasteiger charge is 2.39. The summed E-state index contributed by atoms with van der Waals surface area (Å²) in [6.45, 7) is 0. The van der Waals surface area contributed by atoms with Crippen LogP contribution in [-0.4, -0.2) is 30.1 Å². The Kier molecular flexibility index (Phi) is 2.92. The molecule has 0 spiro atoms. The molecule has 0 saturated carbocycles. The lowest BCUT2D eigenvalue weighted by molar-refractivity contribution is 0.0662. The lowest BCUT2D eigenvalue weighted by atomic mass is 10.0. The van der Waals surface area contributed by atoms with Crippen molar-refractivity contribution in [3.63, 3.8) is 0 Å². The zero-order chi connectivity index (χ0) is 15.4. The summed E-state index contributed by atoms with van der Waals surface area (Å²) in [4.78, 5) is 2.55. The predicted octanol–water partition coefficient (Wildman–Crippen LogP) is 4.59. The molecular formula is C20H21NO2. The Morgan fingerprint density at radius 3 is 2.52 bits per heavy atom. The van der Waals surface area contributed by atoms with Gasteiger partial charge < -0.3 is 14.1 Å². The van der Waals surface area contributed by atoms with Gasteiger partial charge in [-0.2, -0.15) is 0 Å². The van der Waals surface area contributed by atoms with E-state index in [1.165, 1.54) is 12.8 Å². The van der Waals surface area contributed by atoms with Crippen LogP contribution in [0.25, 0.3) is 21.9 Å². The summed E-state index contributed by atoms with van der Waals surface area (Å²) >= 11 is 0. The van der Waals surface area contributed by atoms with E-state index in [-0.39, 0.29) is 0 Å². The van der Waals surface area contributed by atoms with Gasteiger partial charge in [-0.3, -0.25) is 0 Å². The maximum Gasteiger partial charge on any atom is 0.135 e. The Labute approximate surface area is 135 Å². The number of ether oxygens (including phenoxy) is 1. The fourth-order valence-corrected chi connectivity index (χ4v) is 4.43. The lowest BCUT2D eigenvalue weighted by Crippen LogP contribution is -2.43. The summed E-state index contributed by atoms with van der Waals surface area (Å²) < 4.78 is 12.2. The van der Waals surface area contributed by atoms with Gasteiger partial charge in [0.1, 0.15) is 23.0 Å². The average Bonchev–Trinajstić information content (AvgIpc) is 3.00. The van der Waals surface area contributed by atoms with Gasteiger partial charge in [-0.25, -0.2) is 0 Å². The topological polar surface area (TPSA) is 25.6 Å². The molecule has 2 bridgehead atoms. The van der Waals surface area contributed by atoms with Crippen LogP contribution in [0.2, 0.25) is 0 Å². The van der Waals surface area contributed by atoms with Crippen molar-refractivity contribution in [3.05, 3.63) is 42.5 Å². The molecule has 2 fully saturated rings. The number of furan rings is 1. The van der Waals surface area contributed by atoms with Crippen LogP contribution in [0.5, 0.6) is 5.75 Å². The molecule has 118 valence electrons. The average molecular weight is 307 g/mol. The molecule has 23 heavy (non-hydrogen) atoms. The van der Waals surface area contributed by atoms with Gasteiger partial charge in [-0.15, -0.1) is 0 Å². The van der Waals surface area contributed by atoms with Crippen LogP contribution in [0.4, 0.5) is 0 Å². The largest absolute Gasteiger partial charge is 0.490 e. The van der Waals surface area contributed by atoms with E-state index in [0.717, 1.165) is 40.5 Å². The summed E-state index contributed by atoms with van der Waals surface area (Å²) in [7, 11) is 2.27. The minimum atomic E-state index is 0.347. The number of piperidine rings is 1. The van der Waals surface area contributed by atoms with Gasteiger partial charge in [-0.1, -0.05) is 18.2 Å². The van der Waals surface area contributed by atoms with Crippen LogP contribution in [0.3, 0.4) is 0 Å². The van der Waals surface area contributed by atoms with Crippen molar-refractivity contribution >= 4 is 21.9 Å². The molecule has 0 aliphatic carbocycles. The normalized spacial score (nSPS) is 27.8. The molecular weight excluding hydrogens is 286 g/mol. The number of hydrogen-bond donors (Lipinski definition) is 0. The zero-order valence-electron chi connectivity index (χ0n) is 13.4. The second-order valence-electron chi connectivity index (χ2n) is 7.02. The van der Waals surface area contributed by atoms with E-state index in [1.54, 1.807) is 0 Å². The smallest absolute Gasteiger partial charge is 0.135 e. The molecule has 3 aromatic rings. The molecule has 0 N–H and O–H groups in total. The number of nitrogens with zero attached hydrogens (tertiary/aromatic N) is 1. The molecule has 3 heteroatoms. The first-order valence-electron chi connectivity index (χ1n) is 8.58. The van der Waals surface area contributed by atoms with Crippen LogP contribution >= 0.6 is 0 Å². The Morgan fingerprint density at radius 1 is 0.957 bits per heavy atom. The summed E-state index contributed by atoms with van der Waals surface area (Å²) in [5.41, 5.74) is 1.87. The van der Waals surface area contributed by atoms with E-state index >= 15 is 0 Å². The first-order valence-corrected chi connectivity index (χ1v) is 8.58. The number of rotatable bonds is 2. The Morgan fingerprint density at radius 2 is 1.70 bits per heavy atom. The van der Waals surface area contributed by atoms with Crippen molar-refractivity contribution in [2.45, 2.75) is 43.9 Å². The Balaban J connectivity index is 1.46. The van der Waals surface area contributed by atoms with Crippen LogP contribution in [0, 0.1) is 0 Å². The highest BCUT2D eigenvalue weighted by Crippen LogP contribution is 2.37. The fourth-order valence-electron chi connectivity index (χ4n) is 4.43. The van der Waals surface area contributed by atoms with Crippen molar-refractivity contribution < 1.29 is 9.15 Å². The second kappa shape index (κ2) is 5.00. The van der Waals surface area contributed by atoms with Crippen molar-refractivity contribution in [2.75, 3.05) is 7.05 Å². The van der Waals surface area contributed by atoms with E-state index < -0.39 is 0 Å². The van der Waals surface area contributed by atoms with E-state index in [4.69, 9.17) is 9.15 Å². The molecule has 3 nitrogen and oxygen atoms in total. The van der Waals surface area contributed by atoms with Gasteiger partial charge in [0, 0.05) is 22.9 Å². The summed E-state index contributed by atoms with van der Waals surface area (Å²) in [6, 6.07) is 15.8. The van der Waals surface area contributed by atoms with Crippen molar-refractivity contribution in [3.8, 4) is 5.75 Å². The lowest BCUT2D eigenvalue weighted by Gasteiger charge is -2.36. The quantitative estimate of drug-likeness (QED) is 0.692. The van der Waals surface area contributed by atoms with Gasteiger partial charge in [0.2, 0.25) is 0 Å². The molecule has 2 saturated heterocycles. The van der Waals surface area contributed by atoms with E-state index in [0.29, 0.717) is 18.2 Å². The van der Waals surface area contributed by atoms with Gasteiger partial charge >= 0.3 is 0 Å². The maximum absolute atomic E-state index is 6.34. The number of hydrogen-bond acceptors (Lipinski definition) is 3. The minimum absolute atomic E-state index is 0.347. The first-order chi connectivity index (χ1) is 11.3. The zero-order valence-corrected chi connectivity index (χ0v) is 13.4. The third kappa shape index (κ3) is 2.14. The highest BCUT2D eigenvalue weighted by atomic mass is 16.5. The van der Waals surface area contributed by atoms with Gasteiger partial charge in [0.15, 0.2) is 0 Å². The first kappa shape index (κ1) is 13.4. The maximum atomic E-state index is 6.34. The Hall–Kier alpha value is -2.00. The van der Waals surface area contributed by atoms with Crippen LogP contribution in [0.15, 0.2) is 46.9 Å². The summed E-state index contributed by atoms with van der Waals surface area (Å²) in [5.74, 6) is 0.970. The third-order valence-electron chi connectivity index (χ3n) is 5.71. The Bertz CT molecular complexity index is 854. The summed E-state index contributed by atoms with van der Waals surface area (Å²) in [5, 5.41) is 2.31. The van der Waals surface area contributed by atoms with Crippen molar-refractivity contribution in [1.82, 2.24) is 4.90 Å². The molecule has 0 radical (unpaired) electrons. The molecule has 2 aliphatic heterocycles. The molecule has 0 amide bonds. The number of para-hydroxylation sites is 1. The molecule has 3 heterocycles. The fraction of sp³-hybridized carbons (Fsp3) is 0.400. The predicted molar refractivity (Wildman–Crippen MR) is 91.9 cm³/mol. The molecule has 5 rings (SSSR count). The molecule has 3 atom stereocenters. The molecule has 2 aromatic carbocycles. The molecule has 2 aliphatic rings. The van der Waals surface area contributed by atoms with E-state index in [1.807, 2.05) is 24.3 Å². The van der Waals surface area contributed by atoms with Crippen molar-refractivity contribution in [2.24, 2.45) is 0 Å². The number of fused-ring (bicyclic) bond motifs is 5. The van der Waals surface area contributed by atoms with Crippen LogP contribution in [-0.2, 0) is 0 Å². The van der Waals surface area contributed by atoms with Gasteiger partial charge in [0.25, 0.3) is 0 Å². The van der Waals surface area contributed by atoms with Crippen LogP contribution < -0.4 is 4.74 Å². The monoisotopic (exact) mass is 307 g/mol.